The third-order valence-corrected chi connectivity index (χ3v) is 2.12. The molecular formula is C7H15NO. The molecular weight excluding hydrogens is 114 g/mol. The van der Waals surface area contributed by atoms with Crippen molar-refractivity contribution in [3.05, 3.63) is 0 Å². The first-order valence-corrected chi connectivity index (χ1v) is 3.40. The minimum atomic E-state index is 0.134. The molecule has 0 aromatic carbocycles. The molecule has 0 bridgehead atoms. The van der Waals surface area contributed by atoms with Gasteiger partial charge in [0, 0.05) is 20.2 Å². The first kappa shape index (κ1) is 7.03. The molecule has 0 N–H and O–H groups in total. The molecule has 1 heterocycles. The zero-order valence-electron chi connectivity index (χ0n) is 6.48. The van der Waals surface area contributed by atoms with E-state index in [9.17, 15) is 0 Å². The monoisotopic (exact) mass is 129 g/mol. The summed E-state index contributed by atoms with van der Waals surface area (Å²) in [5.74, 6) is 0. The van der Waals surface area contributed by atoms with Gasteiger partial charge in [-0.1, -0.05) is 0 Å². The molecule has 0 aromatic rings. The molecule has 1 rings (SSSR count). The van der Waals surface area contributed by atoms with Gasteiger partial charge in [0.15, 0.2) is 0 Å². The van der Waals surface area contributed by atoms with Crippen molar-refractivity contribution in [3.63, 3.8) is 0 Å². The molecule has 0 radical (unpaired) electrons. The van der Waals surface area contributed by atoms with Crippen LogP contribution >= 0.6 is 0 Å². The fourth-order valence-corrected chi connectivity index (χ4v) is 1.32. The number of likely N-dealkylation sites (N-methyl/N-ethyl adjacent to an activating group) is 1. The second-order valence-electron chi connectivity index (χ2n) is 3.14. The maximum Gasteiger partial charge on any atom is 0.0789 e. The van der Waals surface area contributed by atoms with Gasteiger partial charge in [0.2, 0.25) is 0 Å². The van der Waals surface area contributed by atoms with E-state index in [4.69, 9.17) is 4.74 Å². The van der Waals surface area contributed by atoms with E-state index in [-0.39, 0.29) is 5.60 Å². The predicted octanol–water partition coefficient (Wildman–Crippen LogP) is 0.727. The van der Waals surface area contributed by atoms with Crippen molar-refractivity contribution >= 4 is 0 Å². The number of ether oxygens (including phenoxy) is 1. The second kappa shape index (κ2) is 2.27. The van der Waals surface area contributed by atoms with Crippen LogP contribution in [0.3, 0.4) is 0 Å². The van der Waals surface area contributed by atoms with Gasteiger partial charge >= 0.3 is 0 Å². The van der Waals surface area contributed by atoms with E-state index in [1.54, 1.807) is 7.11 Å². The van der Waals surface area contributed by atoms with Crippen LogP contribution in [0.15, 0.2) is 0 Å². The van der Waals surface area contributed by atoms with E-state index in [0.29, 0.717) is 0 Å². The lowest BCUT2D eigenvalue weighted by Crippen LogP contribution is -2.30. The Morgan fingerprint density at radius 2 is 2.22 bits per heavy atom. The Bertz CT molecular complexity index is 105. The first-order valence-electron chi connectivity index (χ1n) is 3.40. The van der Waals surface area contributed by atoms with E-state index in [1.807, 2.05) is 0 Å². The fraction of sp³-hybridized carbons (Fsp3) is 1.00. The standard InChI is InChI=1S/C7H15NO/c1-7(9-3)4-5-8(2)6-7/h4-6H2,1-3H3/t7-/m1/s1. The molecule has 1 fully saturated rings. The van der Waals surface area contributed by atoms with Crippen molar-refractivity contribution in [2.24, 2.45) is 0 Å². The molecule has 2 nitrogen and oxygen atoms in total. The molecule has 0 saturated carbocycles. The zero-order valence-corrected chi connectivity index (χ0v) is 6.48. The number of likely N-dealkylation sites (tertiary alicyclic amines) is 1. The molecule has 54 valence electrons. The van der Waals surface area contributed by atoms with Crippen LogP contribution in [0, 0.1) is 0 Å². The molecule has 0 amide bonds. The van der Waals surface area contributed by atoms with E-state index >= 15 is 0 Å². The molecule has 2 heteroatoms. The van der Waals surface area contributed by atoms with Crippen molar-refractivity contribution in [3.8, 4) is 0 Å². The van der Waals surface area contributed by atoms with Gasteiger partial charge in [-0.2, -0.15) is 0 Å². The number of rotatable bonds is 1. The van der Waals surface area contributed by atoms with Crippen LogP contribution in [0.1, 0.15) is 13.3 Å². The Kier molecular flexibility index (Phi) is 1.78. The molecule has 0 unspecified atom stereocenters. The molecule has 9 heavy (non-hydrogen) atoms. The van der Waals surface area contributed by atoms with Gasteiger partial charge in [-0.25, -0.2) is 0 Å². The van der Waals surface area contributed by atoms with Crippen LogP contribution in [0.25, 0.3) is 0 Å². The van der Waals surface area contributed by atoms with Crippen LogP contribution in [-0.2, 0) is 4.74 Å². The Balaban J connectivity index is 2.45. The van der Waals surface area contributed by atoms with Crippen LogP contribution in [0.5, 0.6) is 0 Å². The molecule has 0 aromatic heterocycles. The first-order chi connectivity index (χ1) is 4.16. The van der Waals surface area contributed by atoms with Gasteiger partial charge in [-0.05, 0) is 20.4 Å². The third kappa shape index (κ3) is 1.43. The van der Waals surface area contributed by atoms with E-state index in [0.717, 1.165) is 6.54 Å². The van der Waals surface area contributed by atoms with Gasteiger partial charge in [0.25, 0.3) is 0 Å². The van der Waals surface area contributed by atoms with Crippen LogP contribution in [0.2, 0.25) is 0 Å². The SMILES string of the molecule is CO[C@]1(C)CCN(C)C1. The van der Waals surface area contributed by atoms with Crippen LogP contribution < -0.4 is 0 Å². The third-order valence-electron chi connectivity index (χ3n) is 2.12. The summed E-state index contributed by atoms with van der Waals surface area (Å²) in [6.45, 7) is 4.41. The summed E-state index contributed by atoms with van der Waals surface area (Å²) < 4.78 is 5.33. The van der Waals surface area contributed by atoms with Crippen molar-refractivity contribution in [1.29, 1.82) is 0 Å². The molecule has 1 saturated heterocycles. The number of hydrogen-bond donors (Lipinski definition) is 0. The minimum Gasteiger partial charge on any atom is -0.377 e. The van der Waals surface area contributed by atoms with Crippen LogP contribution in [0.4, 0.5) is 0 Å². The average Bonchev–Trinajstić information content (AvgIpc) is 2.13. The quantitative estimate of drug-likeness (QED) is 0.517. The average molecular weight is 129 g/mol. The van der Waals surface area contributed by atoms with E-state index < -0.39 is 0 Å². The highest BCUT2D eigenvalue weighted by Gasteiger charge is 2.31. The Morgan fingerprint density at radius 3 is 2.44 bits per heavy atom. The van der Waals surface area contributed by atoms with Crippen molar-refractivity contribution < 1.29 is 4.74 Å². The summed E-state index contributed by atoms with van der Waals surface area (Å²) in [5.41, 5.74) is 0.134. The fourth-order valence-electron chi connectivity index (χ4n) is 1.32. The van der Waals surface area contributed by atoms with Gasteiger partial charge in [0.1, 0.15) is 0 Å². The van der Waals surface area contributed by atoms with Gasteiger partial charge in [0.05, 0.1) is 5.60 Å². The topological polar surface area (TPSA) is 12.5 Å². The Morgan fingerprint density at radius 1 is 1.56 bits per heavy atom. The van der Waals surface area contributed by atoms with Crippen molar-refractivity contribution in [2.45, 2.75) is 18.9 Å². The lowest BCUT2D eigenvalue weighted by atomic mass is 10.1. The molecule has 1 atom stereocenters. The van der Waals surface area contributed by atoms with E-state index in [2.05, 4.69) is 18.9 Å². The lowest BCUT2D eigenvalue weighted by molar-refractivity contribution is 0.0168. The summed E-state index contributed by atoms with van der Waals surface area (Å²) in [6.07, 6.45) is 1.17. The lowest BCUT2D eigenvalue weighted by Gasteiger charge is -2.21. The summed E-state index contributed by atoms with van der Waals surface area (Å²) in [5, 5.41) is 0. The molecule has 1 aliphatic rings. The number of nitrogens with zero attached hydrogens (tertiary/aromatic N) is 1. The van der Waals surface area contributed by atoms with Gasteiger partial charge in [-0.3, -0.25) is 0 Å². The van der Waals surface area contributed by atoms with Gasteiger partial charge < -0.3 is 9.64 Å². The second-order valence-corrected chi connectivity index (χ2v) is 3.14. The maximum absolute atomic E-state index is 5.33. The van der Waals surface area contributed by atoms with Crippen LogP contribution in [-0.4, -0.2) is 37.7 Å². The summed E-state index contributed by atoms with van der Waals surface area (Å²) in [4.78, 5) is 2.30. The number of hydrogen-bond acceptors (Lipinski definition) is 2. The molecule has 0 aliphatic carbocycles. The molecule has 1 aliphatic heterocycles. The Labute approximate surface area is 56.8 Å². The zero-order chi connectivity index (χ0) is 6.91. The van der Waals surface area contributed by atoms with Gasteiger partial charge in [-0.15, -0.1) is 0 Å². The predicted molar refractivity (Wildman–Crippen MR) is 37.5 cm³/mol. The van der Waals surface area contributed by atoms with Crippen molar-refractivity contribution in [2.75, 3.05) is 27.2 Å². The highest BCUT2D eigenvalue weighted by Crippen LogP contribution is 2.21. The maximum atomic E-state index is 5.33. The van der Waals surface area contributed by atoms with E-state index in [1.165, 1.54) is 13.0 Å². The van der Waals surface area contributed by atoms with Crippen molar-refractivity contribution in [1.82, 2.24) is 4.90 Å². The number of methoxy groups -OCH3 is 1. The smallest absolute Gasteiger partial charge is 0.0789 e. The summed E-state index contributed by atoms with van der Waals surface area (Å²) >= 11 is 0. The summed E-state index contributed by atoms with van der Waals surface area (Å²) in [7, 11) is 3.92. The highest BCUT2D eigenvalue weighted by atomic mass is 16.5. The highest BCUT2D eigenvalue weighted by molar-refractivity contribution is 4.85. The largest absolute Gasteiger partial charge is 0.377 e. The summed E-state index contributed by atoms with van der Waals surface area (Å²) in [6, 6.07) is 0. The Hall–Kier alpha value is -0.0800. The minimum absolute atomic E-state index is 0.134. The molecule has 0 spiro atoms. The normalized spacial score (nSPS) is 37.7.